The number of nitrogens with zero attached hydrogens (tertiary/aromatic N) is 3. The first-order valence-corrected chi connectivity index (χ1v) is 11.6. The summed E-state index contributed by atoms with van der Waals surface area (Å²) < 4.78 is 7.37. The molecule has 1 atom stereocenters. The van der Waals surface area contributed by atoms with Crippen molar-refractivity contribution in [2.24, 2.45) is 0 Å². The Bertz CT molecular complexity index is 985. The highest BCUT2D eigenvalue weighted by molar-refractivity contribution is 7.99. The molecule has 0 saturated carbocycles. The van der Waals surface area contributed by atoms with Gasteiger partial charge in [-0.25, -0.2) is 4.68 Å². The number of hydrogen-bond acceptors (Lipinski definition) is 7. The van der Waals surface area contributed by atoms with Crippen LogP contribution >= 0.6 is 23.1 Å². The van der Waals surface area contributed by atoms with Crippen LogP contribution in [0.4, 0.5) is 0 Å². The van der Waals surface area contributed by atoms with Crippen molar-refractivity contribution >= 4 is 29.0 Å². The molecule has 9 heteroatoms. The van der Waals surface area contributed by atoms with Crippen molar-refractivity contribution in [3.05, 3.63) is 57.5 Å². The van der Waals surface area contributed by atoms with Gasteiger partial charge in [-0.05, 0) is 48.4 Å². The van der Waals surface area contributed by atoms with Crippen molar-refractivity contribution in [3.8, 4) is 5.75 Å². The van der Waals surface area contributed by atoms with Gasteiger partial charge in [-0.1, -0.05) is 43.8 Å². The maximum Gasteiger partial charge on any atom is 0.230 e. The van der Waals surface area contributed by atoms with Gasteiger partial charge in [0.1, 0.15) is 12.4 Å². The minimum atomic E-state index is -0.0805. The number of benzene rings is 1. The Morgan fingerprint density at radius 2 is 2.10 bits per heavy atom. The molecule has 0 saturated heterocycles. The smallest absolute Gasteiger partial charge is 0.230 e. The number of nitrogen functional groups attached to an aromatic ring is 1. The number of thioether (sulfide) groups is 1. The Kier molecular flexibility index (Phi) is 7.38. The molecule has 160 valence electrons. The first-order chi connectivity index (χ1) is 14.3. The van der Waals surface area contributed by atoms with E-state index >= 15 is 0 Å². The molecule has 0 aliphatic carbocycles. The maximum atomic E-state index is 12.2. The third kappa shape index (κ3) is 5.54. The van der Waals surface area contributed by atoms with Crippen molar-refractivity contribution < 1.29 is 9.53 Å². The number of carbonyl (C=O) groups excluding carboxylic acids is 1. The molecule has 3 aromatic rings. The van der Waals surface area contributed by atoms with E-state index in [9.17, 15) is 4.79 Å². The topological polar surface area (TPSA) is 95.1 Å². The number of hydrogen-bond donors (Lipinski definition) is 2. The van der Waals surface area contributed by atoms with E-state index in [0.29, 0.717) is 16.9 Å². The van der Waals surface area contributed by atoms with Crippen molar-refractivity contribution in [1.29, 1.82) is 0 Å². The second kappa shape index (κ2) is 9.99. The van der Waals surface area contributed by atoms with Gasteiger partial charge in [0.25, 0.3) is 0 Å². The van der Waals surface area contributed by atoms with Crippen molar-refractivity contribution in [2.45, 2.75) is 51.4 Å². The predicted molar refractivity (Wildman–Crippen MR) is 121 cm³/mol. The summed E-state index contributed by atoms with van der Waals surface area (Å²) in [4.78, 5) is 13.4. The summed E-state index contributed by atoms with van der Waals surface area (Å²) in [5.74, 6) is 7.92. The summed E-state index contributed by atoms with van der Waals surface area (Å²) in [6.45, 7) is 8.45. The van der Waals surface area contributed by atoms with Gasteiger partial charge in [0.05, 0.1) is 11.8 Å². The largest absolute Gasteiger partial charge is 0.485 e. The molecule has 1 aromatic carbocycles. The van der Waals surface area contributed by atoms with Crippen LogP contribution < -0.4 is 15.9 Å². The fourth-order valence-electron chi connectivity index (χ4n) is 2.91. The van der Waals surface area contributed by atoms with Crippen LogP contribution in [0.5, 0.6) is 5.75 Å². The molecular weight excluding hydrogens is 418 g/mol. The van der Waals surface area contributed by atoms with Crippen LogP contribution in [0, 0.1) is 6.92 Å². The molecule has 0 fully saturated rings. The molecule has 0 aliphatic rings. The number of ether oxygens (including phenoxy) is 1. The molecule has 1 amide bonds. The van der Waals surface area contributed by atoms with Crippen LogP contribution in [0.3, 0.4) is 0 Å². The summed E-state index contributed by atoms with van der Waals surface area (Å²) in [5.41, 5.74) is 2.26. The molecule has 0 bridgehead atoms. The molecule has 3 N–H and O–H groups in total. The molecule has 30 heavy (non-hydrogen) atoms. The fraction of sp³-hybridized carbons (Fsp3) is 0.381. The van der Waals surface area contributed by atoms with Crippen LogP contribution in [0.25, 0.3) is 0 Å². The van der Waals surface area contributed by atoms with E-state index in [-0.39, 0.29) is 24.3 Å². The highest BCUT2D eigenvalue weighted by Crippen LogP contribution is 2.28. The van der Waals surface area contributed by atoms with E-state index in [1.165, 1.54) is 16.4 Å². The third-order valence-electron chi connectivity index (χ3n) is 4.56. The number of carbonyl (C=O) groups is 1. The van der Waals surface area contributed by atoms with E-state index < -0.39 is 0 Å². The van der Waals surface area contributed by atoms with E-state index in [2.05, 4.69) is 41.5 Å². The Balaban J connectivity index is 1.56. The van der Waals surface area contributed by atoms with Gasteiger partial charge >= 0.3 is 0 Å². The monoisotopic (exact) mass is 445 g/mol. The Hall–Kier alpha value is -2.52. The highest BCUT2D eigenvalue weighted by Gasteiger charge is 2.16. The van der Waals surface area contributed by atoms with Gasteiger partial charge in [-0.15, -0.1) is 21.5 Å². The molecule has 0 radical (unpaired) electrons. The number of amides is 1. The van der Waals surface area contributed by atoms with Crippen molar-refractivity contribution in [3.63, 3.8) is 0 Å². The summed E-state index contributed by atoms with van der Waals surface area (Å²) in [6.07, 6.45) is 0. The lowest BCUT2D eigenvalue weighted by Crippen LogP contribution is -2.28. The Morgan fingerprint density at radius 3 is 2.80 bits per heavy atom. The lowest BCUT2D eigenvalue weighted by atomic mass is 10.0. The van der Waals surface area contributed by atoms with Gasteiger partial charge < -0.3 is 15.9 Å². The van der Waals surface area contributed by atoms with Gasteiger partial charge in [0, 0.05) is 4.88 Å². The lowest BCUT2D eigenvalue weighted by Gasteiger charge is -2.14. The number of nitrogens with two attached hydrogens (primary N) is 1. The number of aromatic nitrogens is 3. The van der Waals surface area contributed by atoms with Crippen molar-refractivity contribution in [1.82, 2.24) is 20.2 Å². The van der Waals surface area contributed by atoms with Crippen LogP contribution in [0.2, 0.25) is 0 Å². The van der Waals surface area contributed by atoms with Gasteiger partial charge in [0.15, 0.2) is 5.82 Å². The van der Waals surface area contributed by atoms with Crippen LogP contribution in [-0.4, -0.2) is 26.5 Å². The highest BCUT2D eigenvalue weighted by atomic mass is 32.2. The molecule has 0 aliphatic heterocycles. The molecule has 1 unspecified atom stereocenters. The average molecular weight is 446 g/mol. The van der Waals surface area contributed by atoms with Crippen LogP contribution in [-0.2, 0) is 11.4 Å². The maximum absolute atomic E-state index is 12.2. The SMILES string of the molecule is Cc1ccc(C(C)C)c(OCc2nnc(SCC(=O)NC(C)c3cccs3)n2N)c1. The van der Waals surface area contributed by atoms with Gasteiger partial charge in [-0.3, -0.25) is 4.79 Å². The average Bonchev–Trinajstić information content (AvgIpc) is 3.35. The number of nitrogens with one attached hydrogen (secondary N) is 1. The van der Waals surface area contributed by atoms with Gasteiger partial charge in [-0.2, -0.15) is 0 Å². The minimum absolute atomic E-state index is 0.0257. The van der Waals surface area contributed by atoms with Crippen molar-refractivity contribution in [2.75, 3.05) is 11.6 Å². The Morgan fingerprint density at radius 1 is 1.30 bits per heavy atom. The second-order valence-corrected chi connectivity index (χ2v) is 9.27. The zero-order valence-corrected chi connectivity index (χ0v) is 19.2. The van der Waals surface area contributed by atoms with E-state index in [0.717, 1.165) is 21.8 Å². The third-order valence-corrected chi connectivity index (χ3v) is 6.56. The summed E-state index contributed by atoms with van der Waals surface area (Å²) in [7, 11) is 0. The fourth-order valence-corrected chi connectivity index (χ4v) is 4.33. The van der Waals surface area contributed by atoms with Crippen LogP contribution in [0.1, 0.15) is 54.6 Å². The van der Waals surface area contributed by atoms with E-state index in [1.807, 2.05) is 37.4 Å². The zero-order valence-electron chi connectivity index (χ0n) is 17.6. The summed E-state index contributed by atoms with van der Waals surface area (Å²) >= 11 is 2.87. The quantitative estimate of drug-likeness (QED) is 0.381. The first-order valence-electron chi connectivity index (χ1n) is 9.73. The molecule has 7 nitrogen and oxygen atoms in total. The zero-order chi connectivity index (χ0) is 21.7. The Labute approximate surface area is 185 Å². The number of rotatable bonds is 9. The normalized spacial score (nSPS) is 12.2. The van der Waals surface area contributed by atoms with E-state index in [1.54, 1.807) is 11.3 Å². The van der Waals surface area contributed by atoms with E-state index in [4.69, 9.17) is 10.6 Å². The molecule has 2 heterocycles. The standard InChI is InChI=1S/C21H27N5O2S2/c1-13(2)16-8-7-14(3)10-17(16)28-11-19-24-25-21(26(19)22)30-12-20(27)23-15(4)18-6-5-9-29-18/h5-10,13,15H,11-12,22H2,1-4H3,(H,23,27). The summed E-state index contributed by atoms with van der Waals surface area (Å²) in [6, 6.07) is 10.1. The molecule has 0 spiro atoms. The lowest BCUT2D eigenvalue weighted by molar-refractivity contribution is -0.119. The second-order valence-electron chi connectivity index (χ2n) is 7.35. The minimum Gasteiger partial charge on any atom is -0.485 e. The van der Waals surface area contributed by atoms with Crippen LogP contribution in [0.15, 0.2) is 40.9 Å². The molecule has 2 aromatic heterocycles. The van der Waals surface area contributed by atoms with Gasteiger partial charge in [0.2, 0.25) is 11.1 Å². The summed E-state index contributed by atoms with van der Waals surface area (Å²) in [5, 5.41) is 13.7. The first kappa shape index (κ1) is 22.2. The molecule has 3 rings (SSSR count). The molecular formula is C21H27N5O2S2. The number of thiophene rings is 1. The predicted octanol–water partition coefficient (Wildman–Crippen LogP) is 4.03. The number of aryl methyl sites for hydroxylation is 1.